The van der Waals surface area contributed by atoms with Crippen LogP contribution in [0.15, 0.2) is 55.0 Å². The molecule has 2 aromatic carbocycles. The lowest BCUT2D eigenvalue weighted by atomic mass is 9.88. The van der Waals surface area contributed by atoms with E-state index < -0.39 is 0 Å². The molecule has 28 heavy (non-hydrogen) atoms. The molecular weight excluding hydrogens is 350 g/mol. The van der Waals surface area contributed by atoms with Crippen LogP contribution in [0.2, 0.25) is 0 Å². The van der Waals surface area contributed by atoms with Crippen LogP contribution in [-0.2, 0) is 13.5 Å². The highest BCUT2D eigenvalue weighted by Crippen LogP contribution is 2.35. The fourth-order valence-corrected chi connectivity index (χ4v) is 3.92. The number of hydrogen-bond donors (Lipinski definition) is 0. The van der Waals surface area contributed by atoms with Gasteiger partial charge in [-0.15, -0.1) is 0 Å². The van der Waals surface area contributed by atoms with Crippen LogP contribution in [0.3, 0.4) is 0 Å². The number of rotatable bonds is 3. The van der Waals surface area contributed by atoms with Gasteiger partial charge in [0.15, 0.2) is 0 Å². The Morgan fingerprint density at radius 2 is 2.07 bits per heavy atom. The zero-order chi connectivity index (χ0) is 19.1. The Hall–Kier alpha value is -3.59. The van der Waals surface area contributed by atoms with Crippen molar-refractivity contribution >= 4 is 10.9 Å². The molecule has 0 fully saturated rings. The molecule has 0 aliphatic heterocycles. The molecule has 2 heterocycles. The summed E-state index contributed by atoms with van der Waals surface area (Å²) >= 11 is 0. The van der Waals surface area contributed by atoms with Gasteiger partial charge in [0.25, 0.3) is 0 Å². The zero-order valence-electron chi connectivity index (χ0n) is 15.5. The van der Waals surface area contributed by atoms with Crippen molar-refractivity contribution in [2.24, 2.45) is 7.05 Å². The second-order valence-corrected chi connectivity index (χ2v) is 7.17. The van der Waals surface area contributed by atoms with Crippen LogP contribution in [0, 0.1) is 11.3 Å². The lowest BCUT2D eigenvalue weighted by molar-refractivity contribution is 0.183. The van der Waals surface area contributed by atoms with Gasteiger partial charge in [-0.25, -0.2) is 4.68 Å². The standard InChI is InChI=1S/C22H19N5O/c1-26-14-18(13-24-26)27-21-10-19(7-6-17(21)12-25-27)28-22-4-2-3-16-9-15(11-23)5-8-20(16)22/h5-10,12-14,22H,2-4H2,1H3. The third kappa shape index (κ3) is 2.81. The van der Waals surface area contributed by atoms with E-state index >= 15 is 0 Å². The van der Waals surface area contributed by atoms with Gasteiger partial charge in [0.05, 0.1) is 35.7 Å². The van der Waals surface area contributed by atoms with Crippen LogP contribution in [0.1, 0.15) is 35.6 Å². The van der Waals surface area contributed by atoms with Crippen molar-refractivity contribution in [3.05, 3.63) is 71.7 Å². The minimum atomic E-state index is 0.00343. The van der Waals surface area contributed by atoms with Crippen LogP contribution >= 0.6 is 0 Å². The number of nitrogens with zero attached hydrogens (tertiary/aromatic N) is 5. The van der Waals surface area contributed by atoms with E-state index in [2.05, 4.69) is 16.3 Å². The van der Waals surface area contributed by atoms with E-state index in [0.29, 0.717) is 5.56 Å². The van der Waals surface area contributed by atoms with E-state index in [1.54, 1.807) is 10.9 Å². The van der Waals surface area contributed by atoms with Crippen LogP contribution < -0.4 is 4.74 Å². The molecule has 0 radical (unpaired) electrons. The summed E-state index contributed by atoms with van der Waals surface area (Å²) in [4.78, 5) is 0. The van der Waals surface area contributed by atoms with Crippen molar-refractivity contribution in [1.29, 1.82) is 5.26 Å². The van der Waals surface area contributed by atoms with Crippen molar-refractivity contribution in [3.63, 3.8) is 0 Å². The first-order valence-electron chi connectivity index (χ1n) is 9.38. The maximum atomic E-state index is 9.15. The van der Waals surface area contributed by atoms with Crippen LogP contribution in [-0.4, -0.2) is 19.6 Å². The highest BCUT2D eigenvalue weighted by Gasteiger charge is 2.22. The minimum absolute atomic E-state index is 0.00343. The molecule has 0 N–H and O–H groups in total. The first-order chi connectivity index (χ1) is 13.7. The summed E-state index contributed by atoms with van der Waals surface area (Å²) in [5.74, 6) is 0.820. The number of nitriles is 1. The molecule has 138 valence electrons. The molecule has 1 aliphatic carbocycles. The largest absolute Gasteiger partial charge is 0.486 e. The first-order valence-corrected chi connectivity index (χ1v) is 9.38. The maximum Gasteiger partial charge on any atom is 0.124 e. The predicted octanol–water partition coefficient (Wildman–Crippen LogP) is 4.09. The van der Waals surface area contributed by atoms with Gasteiger partial charge in [-0.3, -0.25) is 4.68 Å². The Kier molecular flexibility index (Phi) is 3.87. The Labute approximate surface area is 162 Å². The summed E-state index contributed by atoms with van der Waals surface area (Å²) in [6, 6.07) is 14.2. The van der Waals surface area contributed by atoms with Crippen molar-refractivity contribution in [2.75, 3.05) is 0 Å². The fourth-order valence-electron chi connectivity index (χ4n) is 3.92. The highest BCUT2D eigenvalue weighted by atomic mass is 16.5. The SMILES string of the molecule is Cn1cc(-n2ncc3ccc(OC4CCCc5cc(C#N)ccc54)cc32)cn1. The zero-order valence-corrected chi connectivity index (χ0v) is 15.5. The molecule has 5 rings (SSSR count). The molecule has 6 nitrogen and oxygen atoms in total. The summed E-state index contributed by atoms with van der Waals surface area (Å²) in [6.45, 7) is 0. The molecule has 1 atom stereocenters. The van der Waals surface area contributed by atoms with E-state index in [1.807, 2.05) is 60.5 Å². The van der Waals surface area contributed by atoms with Gasteiger partial charge >= 0.3 is 0 Å². The van der Waals surface area contributed by atoms with Gasteiger partial charge in [0.1, 0.15) is 17.5 Å². The number of fused-ring (bicyclic) bond motifs is 2. The van der Waals surface area contributed by atoms with Gasteiger partial charge in [-0.2, -0.15) is 15.5 Å². The van der Waals surface area contributed by atoms with Crippen molar-refractivity contribution in [3.8, 4) is 17.5 Å². The highest BCUT2D eigenvalue weighted by molar-refractivity contribution is 5.81. The Balaban J connectivity index is 1.49. The monoisotopic (exact) mass is 369 g/mol. The molecule has 0 bridgehead atoms. The molecule has 1 unspecified atom stereocenters. The second-order valence-electron chi connectivity index (χ2n) is 7.17. The molecule has 0 saturated carbocycles. The van der Waals surface area contributed by atoms with Gasteiger partial charge < -0.3 is 4.74 Å². The molecule has 2 aromatic heterocycles. The summed E-state index contributed by atoms with van der Waals surface area (Å²) in [5.41, 5.74) is 5.02. The van der Waals surface area contributed by atoms with Crippen LogP contribution in [0.5, 0.6) is 5.75 Å². The number of hydrogen-bond acceptors (Lipinski definition) is 4. The summed E-state index contributed by atoms with van der Waals surface area (Å²) < 4.78 is 10.0. The van der Waals surface area contributed by atoms with Gasteiger partial charge in [0.2, 0.25) is 0 Å². The topological polar surface area (TPSA) is 68.7 Å². The maximum absolute atomic E-state index is 9.15. The smallest absolute Gasteiger partial charge is 0.124 e. The predicted molar refractivity (Wildman–Crippen MR) is 105 cm³/mol. The molecular formula is C22H19N5O. The molecule has 1 aliphatic rings. The molecule has 4 aromatic rings. The van der Waals surface area contributed by atoms with E-state index in [4.69, 9.17) is 10.00 Å². The fraction of sp³-hybridized carbons (Fsp3) is 0.227. The van der Waals surface area contributed by atoms with E-state index in [9.17, 15) is 0 Å². The molecule has 6 heteroatoms. The average molecular weight is 369 g/mol. The quantitative estimate of drug-likeness (QED) is 0.545. The van der Waals surface area contributed by atoms with E-state index in [-0.39, 0.29) is 6.10 Å². The number of aryl methyl sites for hydroxylation is 2. The molecule has 0 saturated heterocycles. The van der Waals surface area contributed by atoms with Gasteiger partial charge in [0, 0.05) is 18.5 Å². The van der Waals surface area contributed by atoms with Crippen molar-refractivity contribution in [2.45, 2.75) is 25.4 Å². The molecule has 0 amide bonds. The van der Waals surface area contributed by atoms with Crippen molar-refractivity contribution < 1.29 is 4.74 Å². The van der Waals surface area contributed by atoms with Gasteiger partial charge in [-0.05, 0) is 54.7 Å². The van der Waals surface area contributed by atoms with E-state index in [0.717, 1.165) is 41.6 Å². The second kappa shape index (κ2) is 6.54. The Morgan fingerprint density at radius 1 is 1.14 bits per heavy atom. The third-order valence-corrected chi connectivity index (χ3v) is 5.29. The Morgan fingerprint density at radius 3 is 2.89 bits per heavy atom. The van der Waals surface area contributed by atoms with Crippen LogP contribution in [0.4, 0.5) is 0 Å². The summed E-state index contributed by atoms with van der Waals surface area (Å²) in [5, 5.41) is 18.9. The number of benzene rings is 2. The van der Waals surface area contributed by atoms with Gasteiger partial charge in [-0.1, -0.05) is 6.07 Å². The van der Waals surface area contributed by atoms with Crippen molar-refractivity contribution in [1.82, 2.24) is 19.6 Å². The summed E-state index contributed by atoms with van der Waals surface area (Å²) in [7, 11) is 1.89. The average Bonchev–Trinajstić information content (AvgIpc) is 3.33. The third-order valence-electron chi connectivity index (χ3n) is 5.29. The lowest BCUT2D eigenvalue weighted by Crippen LogP contribution is -2.15. The molecule has 0 spiro atoms. The lowest BCUT2D eigenvalue weighted by Gasteiger charge is -2.26. The van der Waals surface area contributed by atoms with Crippen LogP contribution in [0.25, 0.3) is 16.6 Å². The number of aromatic nitrogens is 4. The summed E-state index contributed by atoms with van der Waals surface area (Å²) in [6.07, 6.45) is 8.61. The number of ether oxygens (including phenoxy) is 1. The Bertz CT molecular complexity index is 1210. The minimum Gasteiger partial charge on any atom is -0.486 e. The first kappa shape index (κ1) is 16.6. The normalized spacial score (nSPS) is 15.9. The van der Waals surface area contributed by atoms with E-state index in [1.165, 1.54) is 11.1 Å².